The minimum absolute atomic E-state index is 0.104. The van der Waals surface area contributed by atoms with Crippen molar-refractivity contribution in [2.45, 2.75) is 57.0 Å². The molecular formula is C75H60GeN4O. The predicted octanol–water partition coefficient (Wildman–Crippen LogP) is 17.4. The SMILES string of the molecule is [2H]c1c([2H])c([2H])c(-c2cccc3c2-[n+]2[c-]n(-c4cccc(Oc5ccc6c7cc(-c8cc[c]9c(c8)C(C)(C)c8cccc[c]8[Ge]9([CH3])[CH3])ccc7n(-c7cc(C(C)(C)C)ccn7)c6c5)c4)c4cccc(c42)-c2ccccc2-c2ccccc2-3)c([2H])c1[2H]. The van der Waals surface area contributed by atoms with Gasteiger partial charge in [-0.2, -0.15) is 0 Å². The molecule has 81 heavy (non-hydrogen) atoms. The number of fused-ring (bicyclic) bond motifs is 12. The number of para-hydroxylation sites is 2. The van der Waals surface area contributed by atoms with Crippen LogP contribution in [0.4, 0.5) is 0 Å². The van der Waals surface area contributed by atoms with E-state index in [1.165, 1.54) is 22.3 Å². The Bertz CT molecular complexity index is 5020. The van der Waals surface area contributed by atoms with Crippen LogP contribution in [0, 0.1) is 6.33 Å². The van der Waals surface area contributed by atoms with E-state index >= 15 is 0 Å². The second-order valence-electron chi connectivity index (χ2n) is 23.8. The van der Waals surface area contributed by atoms with E-state index < -0.39 is 31.4 Å². The van der Waals surface area contributed by atoms with E-state index in [1.54, 1.807) is 8.79 Å². The summed E-state index contributed by atoms with van der Waals surface area (Å²) in [4.78, 5) is 5.05. The van der Waals surface area contributed by atoms with Gasteiger partial charge >= 0.3 is 219 Å². The van der Waals surface area contributed by atoms with E-state index in [4.69, 9.17) is 13.8 Å². The quantitative estimate of drug-likeness (QED) is 0.0945. The first-order valence-corrected chi connectivity index (χ1v) is 34.2. The Morgan fingerprint density at radius 3 is 1.96 bits per heavy atom. The number of pyridine rings is 1. The molecule has 0 aliphatic carbocycles. The molecule has 6 heteroatoms. The first-order valence-electron chi connectivity index (χ1n) is 30.4. The Kier molecular flexibility index (Phi) is 9.87. The van der Waals surface area contributed by atoms with Crippen LogP contribution in [0.3, 0.4) is 0 Å². The van der Waals surface area contributed by atoms with E-state index in [2.05, 4.69) is 203 Å². The molecule has 0 amide bonds. The maximum atomic E-state index is 9.28. The zero-order valence-electron chi connectivity index (χ0n) is 51.3. The van der Waals surface area contributed by atoms with Crippen LogP contribution in [0.2, 0.25) is 11.5 Å². The Morgan fingerprint density at radius 2 is 1.17 bits per heavy atom. The van der Waals surface area contributed by atoms with Crippen LogP contribution in [0.25, 0.3) is 106 Å². The zero-order valence-corrected chi connectivity index (χ0v) is 48.4. The van der Waals surface area contributed by atoms with E-state index in [9.17, 15) is 2.74 Å². The molecule has 2 aliphatic heterocycles. The van der Waals surface area contributed by atoms with Crippen molar-refractivity contribution in [2.24, 2.45) is 0 Å². The molecule has 15 rings (SSSR count). The molecule has 0 atom stereocenters. The molecule has 5 nitrogen and oxygen atoms in total. The first kappa shape index (κ1) is 43.8. The average Bonchev–Trinajstić information content (AvgIpc) is 1.17. The summed E-state index contributed by atoms with van der Waals surface area (Å²) in [6, 6.07) is 68.9. The summed E-state index contributed by atoms with van der Waals surface area (Å²) >= 11 is -2.59. The number of rotatable bonds is 6. The van der Waals surface area contributed by atoms with Gasteiger partial charge in [0.15, 0.2) is 0 Å². The Morgan fingerprint density at radius 1 is 0.531 bits per heavy atom. The molecule has 0 unspecified atom stereocenters. The number of benzene rings is 10. The van der Waals surface area contributed by atoms with Crippen molar-refractivity contribution in [2.75, 3.05) is 0 Å². The fourth-order valence-electron chi connectivity index (χ4n) is 13.2. The van der Waals surface area contributed by atoms with Gasteiger partial charge in [-0.15, -0.1) is 0 Å². The molecule has 0 bridgehead atoms. The molecule has 0 N–H and O–H groups in total. The van der Waals surface area contributed by atoms with Gasteiger partial charge in [0.1, 0.15) is 5.75 Å². The molecule has 0 spiro atoms. The third-order valence-electron chi connectivity index (χ3n) is 17.3. The van der Waals surface area contributed by atoms with Crippen LogP contribution in [0.15, 0.2) is 237 Å². The van der Waals surface area contributed by atoms with Crippen LogP contribution in [0.1, 0.15) is 58.2 Å². The van der Waals surface area contributed by atoms with Crippen molar-refractivity contribution in [3.05, 3.63) is 260 Å². The van der Waals surface area contributed by atoms with Gasteiger partial charge in [-0.1, -0.05) is 142 Å². The van der Waals surface area contributed by atoms with Crippen molar-refractivity contribution >= 4 is 54.9 Å². The monoisotopic (exact) mass is 1110 g/mol. The summed E-state index contributed by atoms with van der Waals surface area (Å²) in [7, 11) is 0. The van der Waals surface area contributed by atoms with Crippen LogP contribution in [-0.4, -0.2) is 27.4 Å². The molecule has 10 aromatic carbocycles. The van der Waals surface area contributed by atoms with Crippen molar-refractivity contribution < 1.29 is 16.2 Å². The second kappa shape index (κ2) is 18.2. The number of nitrogens with zero attached hydrogens (tertiary/aromatic N) is 4. The second-order valence-corrected chi connectivity index (χ2v) is 32.9. The molecule has 0 saturated carbocycles. The molecule has 0 fully saturated rings. The van der Waals surface area contributed by atoms with Crippen LogP contribution in [0.5, 0.6) is 11.5 Å². The van der Waals surface area contributed by atoms with Gasteiger partial charge in [0, 0.05) is 0 Å². The van der Waals surface area contributed by atoms with Gasteiger partial charge < -0.3 is 0 Å². The fraction of sp³-hybridized carbons (Fsp3) is 0.120. The van der Waals surface area contributed by atoms with Crippen molar-refractivity contribution in [1.82, 2.24) is 14.1 Å². The summed E-state index contributed by atoms with van der Waals surface area (Å²) < 4.78 is 61.1. The number of imidazole rings is 1. The van der Waals surface area contributed by atoms with Crippen LogP contribution in [-0.2, 0) is 10.8 Å². The summed E-state index contributed by atoms with van der Waals surface area (Å²) in [5.41, 5.74) is 17.7. The van der Waals surface area contributed by atoms with E-state index in [1.807, 2.05) is 69.9 Å². The average molecular weight is 1110 g/mol. The Balaban J connectivity index is 0.882. The molecule has 2 aliphatic rings. The van der Waals surface area contributed by atoms with Gasteiger partial charge in [-0.05, 0) is 74.2 Å². The standard InChI is InChI=1S/C75H60GeN4O/c1-74(2,3)51-40-41-77-71(44-51)80-68-39-35-49(50-34-38-67-65(43-50)75(4,5)64-31-15-16-32-66(64)76(67,6)7)42-63(68)60-37-36-54(46-70(60)80)81-53-23-17-22-52(45-53)78-47-79-72-55(48-20-9-8-10-21-48)28-18-29-61(72)58-26-13-11-24-56(58)57-25-12-14-27-59(57)62-30-19-33-69(78)73(62)79/h8-46H,1-7H3/i8D,9D,10D,20D,21D. The third-order valence-corrected chi connectivity index (χ3v) is 24.8. The molecule has 13 aromatic rings. The topological polar surface area (TPSA) is 35.9 Å². The van der Waals surface area contributed by atoms with Crippen molar-refractivity contribution in [3.8, 4) is 84.3 Å². The largest absolute Gasteiger partial charge is 0.0890 e. The van der Waals surface area contributed by atoms with Gasteiger partial charge in [0.25, 0.3) is 6.33 Å². The molecule has 0 saturated heterocycles. The van der Waals surface area contributed by atoms with Crippen LogP contribution < -0.4 is 18.1 Å². The number of aromatic nitrogens is 4. The fourth-order valence-corrected chi connectivity index (χ4v) is 20.4. The smallest absolute Gasteiger partial charge is 0.0660 e. The van der Waals surface area contributed by atoms with Crippen molar-refractivity contribution in [3.63, 3.8) is 0 Å². The molecule has 390 valence electrons. The maximum Gasteiger partial charge on any atom is 0.0890 e. The predicted molar refractivity (Wildman–Crippen MR) is 337 cm³/mol. The number of ether oxygens (including phenoxy) is 1. The first-order chi connectivity index (χ1) is 41.4. The minimum Gasteiger partial charge on any atom is -0.0660 e. The molecule has 3 aromatic heterocycles. The Labute approximate surface area is 483 Å². The van der Waals surface area contributed by atoms with Gasteiger partial charge in [-0.25, -0.2) is 0 Å². The van der Waals surface area contributed by atoms with Gasteiger partial charge in [0.05, 0.1) is 29.3 Å². The molecule has 5 heterocycles. The molecular weight excluding hydrogens is 1050 g/mol. The van der Waals surface area contributed by atoms with Gasteiger partial charge in [-0.3, -0.25) is 9.13 Å². The van der Waals surface area contributed by atoms with Crippen molar-refractivity contribution in [1.29, 1.82) is 0 Å². The summed E-state index contributed by atoms with van der Waals surface area (Å²) in [5.74, 6) is 7.17. The summed E-state index contributed by atoms with van der Waals surface area (Å²) in [6.07, 6.45) is 5.70. The maximum absolute atomic E-state index is 9.28. The van der Waals surface area contributed by atoms with E-state index in [-0.39, 0.29) is 28.5 Å². The van der Waals surface area contributed by atoms with Gasteiger partial charge in [0.2, 0.25) is 0 Å². The Hall–Kier alpha value is -9.04. The zero-order chi connectivity index (χ0) is 59.3. The summed E-state index contributed by atoms with van der Waals surface area (Å²) in [6.45, 7) is 11.5. The third kappa shape index (κ3) is 7.73. The van der Waals surface area contributed by atoms with E-state index in [0.717, 1.165) is 83.3 Å². The molecule has 0 radical (unpaired) electrons. The summed E-state index contributed by atoms with van der Waals surface area (Å²) in [5, 5.41) is 2.21. The normalized spacial score (nSPS) is 14.7. The van der Waals surface area contributed by atoms with E-state index in [0.29, 0.717) is 22.7 Å². The van der Waals surface area contributed by atoms with Crippen LogP contribution >= 0.6 is 0 Å². The number of hydrogen-bond acceptors (Lipinski definition) is 2. The number of hydrogen-bond donors (Lipinski definition) is 0. The minimum atomic E-state index is -2.59.